The number of hydrogen-bond donors (Lipinski definition) is 1. The van der Waals surface area contributed by atoms with Crippen LogP contribution in [0.3, 0.4) is 0 Å². The van der Waals surface area contributed by atoms with Crippen LogP contribution in [0.4, 0.5) is 4.39 Å². The van der Waals surface area contributed by atoms with Gasteiger partial charge in [0.1, 0.15) is 18.2 Å². The Labute approximate surface area is 158 Å². The van der Waals surface area contributed by atoms with E-state index in [9.17, 15) is 9.18 Å². The molecule has 1 atom stereocenters. The van der Waals surface area contributed by atoms with Crippen LogP contribution >= 0.6 is 0 Å². The first-order chi connectivity index (χ1) is 12.9. The highest BCUT2D eigenvalue weighted by atomic mass is 19.1. The van der Waals surface area contributed by atoms with Gasteiger partial charge in [-0.3, -0.25) is 4.79 Å². The minimum Gasteiger partial charge on any atom is -0.489 e. The van der Waals surface area contributed by atoms with E-state index in [-0.39, 0.29) is 12.4 Å². The monoisotopic (exact) mass is 364 g/mol. The molecule has 3 rings (SSSR count). The van der Waals surface area contributed by atoms with Crippen LogP contribution in [-0.4, -0.2) is 11.1 Å². The zero-order valence-electron chi connectivity index (χ0n) is 15.3. The molecule has 0 amide bonds. The SMILES string of the molecule is Cc1ccc(-c2ccc(F)cc2COc2ccc(C(C)C(=O)O)cc2)cc1. The highest BCUT2D eigenvalue weighted by Crippen LogP contribution is 2.27. The molecule has 0 aliphatic carbocycles. The van der Waals surface area contributed by atoms with Gasteiger partial charge in [0.05, 0.1) is 5.92 Å². The van der Waals surface area contributed by atoms with Crippen molar-refractivity contribution in [1.29, 1.82) is 0 Å². The molecule has 0 heterocycles. The Kier molecular flexibility index (Phi) is 5.55. The van der Waals surface area contributed by atoms with E-state index in [0.29, 0.717) is 11.3 Å². The van der Waals surface area contributed by atoms with Crippen molar-refractivity contribution in [2.45, 2.75) is 26.4 Å². The first kappa shape index (κ1) is 18.6. The number of benzene rings is 3. The van der Waals surface area contributed by atoms with E-state index >= 15 is 0 Å². The molecule has 3 aromatic rings. The van der Waals surface area contributed by atoms with Gasteiger partial charge < -0.3 is 9.84 Å². The Balaban J connectivity index is 1.79. The van der Waals surface area contributed by atoms with Crippen LogP contribution in [0.25, 0.3) is 11.1 Å². The fraction of sp³-hybridized carbons (Fsp3) is 0.174. The summed E-state index contributed by atoms with van der Waals surface area (Å²) in [6, 6.07) is 19.7. The fourth-order valence-electron chi connectivity index (χ4n) is 2.85. The number of rotatable bonds is 6. The molecule has 1 unspecified atom stereocenters. The molecular formula is C23H21FO3. The predicted molar refractivity (Wildman–Crippen MR) is 103 cm³/mol. The maximum atomic E-state index is 13.8. The van der Waals surface area contributed by atoms with E-state index in [1.165, 1.54) is 12.1 Å². The van der Waals surface area contributed by atoms with E-state index < -0.39 is 11.9 Å². The lowest BCUT2D eigenvalue weighted by molar-refractivity contribution is -0.138. The normalized spacial score (nSPS) is 11.8. The minimum absolute atomic E-state index is 0.217. The molecule has 27 heavy (non-hydrogen) atoms. The molecule has 4 heteroatoms. The number of carboxylic acid groups (broad SMARTS) is 1. The third kappa shape index (κ3) is 4.53. The van der Waals surface area contributed by atoms with Gasteiger partial charge in [0.2, 0.25) is 0 Å². The largest absolute Gasteiger partial charge is 0.489 e. The average molecular weight is 364 g/mol. The van der Waals surface area contributed by atoms with E-state index in [0.717, 1.165) is 22.3 Å². The van der Waals surface area contributed by atoms with Crippen molar-refractivity contribution in [2.24, 2.45) is 0 Å². The van der Waals surface area contributed by atoms with Gasteiger partial charge >= 0.3 is 5.97 Å². The zero-order chi connectivity index (χ0) is 19.4. The molecule has 0 aliphatic heterocycles. The number of aliphatic carboxylic acids is 1. The Bertz CT molecular complexity index is 931. The summed E-state index contributed by atoms with van der Waals surface area (Å²) in [7, 11) is 0. The minimum atomic E-state index is -0.869. The standard InChI is InChI=1S/C23H21FO3/c1-15-3-5-18(6-4-15)22-12-9-20(24)13-19(22)14-27-21-10-7-17(8-11-21)16(2)23(25)26/h3-13,16H,14H2,1-2H3,(H,25,26). The van der Waals surface area contributed by atoms with Gasteiger partial charge in [-0.2, -0.15) is 0 Å². The molecule has 3 aromatic carbocycles. The summed E-state index contributed by atoms with van der Waals surface area (Å²) in [5, 5.41) is 9.07. The average Bonchev–Trinajstić information content (AvgIpc) is 2.67. The molecule has 3 nitrogen and oxygen atoms in total. The Morgan fingerprint density at radius 1 is 1.04 bits per heavy atom. The Hall–Kier alpha value is -3.14. The number of carboxylic acids is 1. The van der Waals surface area contributed by atoms with Crippen molar-refractivity contribution < 1.29 is 19.0 Å². The maximum absolute atomic E-state index is 13.8. The van der Waals surface area contributed by atoms with Crippen LogP contribution in [0.5, 0.6) is 5.75 Å². The lowest BCUT2D eigenvalue weighted by Gasteiger charge is -2.13. The molecule has 0 bridgehead atoms. The van der Waals surface area contributed by atoms with Gasteiger partial charge in [-0.1, -0.05) is 48.0 Å². The topological polar surface area (TPSA) is 46.5 Å². The van der Waals surface area contributed by atoms with Crippen molar-refractivity contribution in [2.75, 3.05) is 0 Å². The van der Waals surface area contributed by atoms with Gasteiger partial charge in [-0.25, -0.2) is 4.39 Å². The lowest BCUT2D eigenvalue weighted by Crippen LogP contribution is -2.07. The molecule has 0 saturated heterocycles. The van der Waals surface area contributed by atoms with E-state index in [4.69, 9.17) is 9.84 Å². The number of hydrogen-bond acceptors (Lipinski definition) is 2. The lowest BCUT2D eigenvalue weighted by atomic mass is 9.99. The first-order valence-corrected chi connectivity index (χ1v) is 8.75. The maximum Gasteiger partial charge on any atom is 0.310 e. The van der Waals surface area contributed by atoms with Crippen molar-refractivity contribution in [3.05, 3.63) is 89.2 Å². The second-order valence-corrected chi connectivity index (χ2v) is 6.59. The van der Waals surface area contributed by atoms with Crippen LogP contribution < -0.4 is 4.74 Å². The van der Waals surface area contributed by atoms with Crippen molar-refractivity contribution in [3.63, 3.8) is 0 Å². The first-order valence-electron chi connectivity index (χ1n) is 8.75. The molecule has 138 valence electrons. The van der Waals surface area contributed by atoms with Gasteiger partial charge in [0, 0.05) is 0 Å². The van der Waals surface area contributed by atoms with Gasteiger partial charge in [0.15, 0.2) is 0 Å². The van der Waals surface area contributed by atoms with Crippen LogP contribution in [0.1, 0.15) is 29.5 Å². The highest BCUT2D eigenvalue weighted by Gasteiger charge is 2.13. The Morgan fingerprint density at radius 3 is 2.33 bits per heavy atom. The summed E-state index contributed by atoms with van der Waals surface area (Å²) >= 11 is 0. The van der Waals surface area contributed by atoms with Crippen LogP contribution in [-0.2, 0) is 11.4 Å². The predicted octanol–water partition coefficient (Wildman–Crippen LogP) is 5.57. The summed E-state index contributed by atoms with van der Waals surface area (Å²) in [4.78, 5) is 11.1. The third-order valence-electron chi connectivity index (χ3n) is 4.57. The van der Waals surface area contributed by atoms with Crippen LogP contribution in [0, 0.1) is 12.7 Å². The molecule has 0 aromatic heterocycles. The number of halogens is 1. The van der Waals surface area contributed by atoms with Crippen LogP contribution in [0.15, 0.2) is 66.7 Å². The van der Waals surface area contributed by atoms with Gasteiger partial charge in [-0.15, -0.1) is 0 Å². The second kappa shape index (κ2) is 8.04. The molecule has 0 saturated carbocycles. The third-order valence-corrected chi connectivity index (χ3v) is 4.57. The van der Waals surface area contributed by atoms with Gasteiger partial charge in [-0.05, 0) is 60.4 Å². The molecule has 0 spiro atoms. The summed E-state index contributed by atoms with van der Waals surface area (Å²) in [6.45, 7) is 3.88. The van der Waals surface area contributed by atoms with Crippen molar-refractivity contribution in [1.82, 2.24) is 0 Å². The zero-order valence-corrected chi connectivity index (χ0v) is 15.3. The van der Waals surface area contributed by atoms with Crippen molar-refractivity contribution in [3.8, 4) is 16.9 Å². The summed E-state index contributed by atoms with van der Waals surface area (Å²) in [5.41, 5.74) is 4.55. The molecule has 0 aliphatic rings. The Morgan fingerprint density at radius 2 is 1.70 bits per heavy atom. The van der Waals surface area contributed by atoms with E-state index in [1.807, 2.05) is 31.2 Å². The molecule has 1 N–H and O–H groups in total. The molecule has 0 radical (unpaired) electrons. The van der Waals surface area contributed by atoms with E-state index in [1.54, 1.807) is 37.3 Å². The number of carbonyl (C=O) groups is 1. The second-order valence-electron chi connectivity index (χ2n) is 6.59. The van der Waals surface area contributed by atoms with Gasteiger partial charge in [0.25, 0.3) is 0 Å². The quantitative estimate of drug-likeness (QED) is 0.622. The summed E-state index contributed by atoms with van der Waals surface area (Å²) in [6.07, 6.45) is 0. The number of aryl methyl sites for hydroxylation is 1. The number of ether oxygens (including phenoxy) is 1. The van der Waals surface area contributed by atoms with E-state index in [2.05, 4.69) is 0 Å². The summed E-state index contributed by atoms with van der Waals surface area (Å²) in [5.74, 6) is -1.15. The van der Waals surface area contributed by atoms with Crippen LogP contribution in [0.2, 0.25) is 0 Å². The fourth-order valence-corrected chi connectivity index (χ4v) is 2.85. The van der Waals surface area contributed by atoms with Crippen molar-refractivity contribution >= 4 is 5.97 Å². The smallest absolute Gasteiger partial charge is 0.310 e. The molecule has 0 fully saturated rings. The highest BCUT2D eigenvalue weighted by molar-refractivity contribution is 5.75. The molecular weight excluding hydrogens is 343 g/mol. The summed E-state index contributed by atoms with van der Waals surface area (Å²) < 4.78 is 19.6.